The molecule has 0 radical (unpaired) electrons. The van der Waals surface area contributed by atoms with Crippen LogP contribution in [0.5, 0.6) is 0 Å². The van der Waals surface area contributed by atoms with Crippen LogP contribution in [-0.2, 0) is 16.1 Å². The number of carbonyl (C=O) groups is 1. The van der Waals surface area contributed by atoms with E-state index in [2.05, 4.69) is 21.2 Å². The first kappa shape index (κ1) is 12.1. The summed E-state index contributed by atoms with van der Waals surface area (Å²) in [5.41, 5.74) is 0. The van der Waals surface area contributed by atoms with E-state index in [-0.39, 0.29) is 17.9 Å². The van der Waals surface area contributed by atoms with Crippen LogP contribution in [0.25, 0.3) is 0 Å². The van der Waals surface area contributed by atoms with Crippen LogP contribution in [0.15, 0.2) is 15.9 Å². The molecule has 1 aliphatic heterocycles. The standard InChI is InChI=1S/C11H14BrNO2S/c1-7-4-8(6-15-7)11(14)13-5-10-9(12)2-3-16-10/h2-3,7-8H,4-6H2,1H3,(H,13,14). The van der Waals surface area contributed by atoms with Crippen molar-refractivity contribution in [1.29, 1.82) is 0 Å². The molecule has 2 heterocycles. The molecular formula is C11H14BrNO2S. The van der Waals surface area contributed by atoms with Crippen molar-refractivity contribution in [2.75, 3.05) is 6.61 Å². The Kier molecular flexibility index (Phi) is 4.00. The Morgan fingerprint density at radius 2 is 2.56 bits per heavy atom. The summed E-state index contributed by atoms with van der Waals surface area (Å²) < 4.78 is 6.44. The smallest absolute Gasteiger partial charge is 0.225 e. The van der Waals surface area contributed by atoms with Gasteiger partial charge in [0.15, 0.2) is 0 Å². The summed E-state index contributed by atoms with van der Waals surface area (Å²) in [7, 11) is 0. The molecule has 88 valence electrons. The van der Waals surface area contributed by atoms with E-state index in [4.69, 9.17) is 4.74 Å². The number of ether oxygens (including phenoxy) is 1. The topological polar surface area (TPSA) is 38.3 Å². The van der Waals surface area contributed by atoms with E-state index in [0.29, 0.717) is 13.2 Å². The van der Waals surface area contributed by atoms with Crippen molar-refractivity contribution in [3.8, 4) is 0 Å². The third-order valence-electron chi connectivity index (χ3n) is 2.68. The maximum Gasteiger partial charge on any atom is 0.225 e. The van der Waals surface area contributed by atoms with Gasteiger partial charge in [0.2, 0.25) is 5.91 Å². The van der Waals surface area contributed by atoms with E-state index in [9.17, 15) is 4.79 Å². The van der Waals surface area contributed by atoms with Crippen molar-refractivity contribution >= 4 is 33.2 Å². The zero-order valence-corrected chi connectivity index (χ0v) is 11.4. The molecule has 2 unspecified atom stereocenters. The average Bonchev–Trinajstić information content (AvgIpc) is 2.84. The van der Waals surface area contributed by atoms with Crippen LogP contribution >= 0.6 is 27.3 Å². The highest BCUT2D eigenvalue weighted by Gasteiger charge is 2.27. The molecule has 3 nitrogen and oxygen atoms in total. The number of hydrogen-bond acceptors (Lipinski definition) is 3. The second-order valence-corrected chi connectivity index (χ2v) is 5.84. The van der Waals surface area contributed by atoms with Crippen molar-refractivity contribution in [2.45, 2.75) is 26.0 Å². The Hall–Kier alpha value is -0.390. The monoisotopic (exact) mass is 303 g/mol. The van der Waals surface area contributed by atoms with Gasteiger partial charge in [0.25, 0.3) is 0 Å². The fraction of sp³-hybridized carbons (Fsp3) is 0.545. The molecule has 1 saturated heterocycles. The first-order chi connectivity index (χ1) is 7.66. The van der Waals surface area contributed by atoms with E-state index >= 15 is 0 Å². The SMILES string of the molecule is CC1CC(C(=O)NCc2sccc2Br)CO1. The van der Waals surface area contributed by atoms with Crippen LogP contribution < -0.4 is 5.32 Å². The van der Waals surface area contributed by atoms with Crippen molar-refractivity contribution in [3.05, 3.63) is 20.8 Å². The molecule has 16 heavy (non-hydrogen) atoms. The summed E-state index contributed by atoms with van der Waals surface area (Å²) in [5, 5.41) is 4.96. The van der Waals surface area contributed by atoms with E-state index in [1.807, 2.05) is 18.4 Å². The lowest BCUT2D eigenvalue weighted by Gasteiger charge is -2.08. The second kappa shape index (κ2) is 5.29. The minimum atomic E-state index is 0.0220. The fourth-order valence-corrected chi connectivity index (χ4v) is 3.20. The summed E-state index contributed by atoms with van der Waals surface area (Å²) in [6.45, 7) is 3.16. The minimum absolute atomic E-state index is 0.0220. The predicted octanol–water partition coefficient (Wildman–Crippen LogP) is 2.55. The molecule has 2 rings (SSSR count). The van der Waals surface area contributed by atoms with Gasteiger partial charge in [0.1, 0.15) is 0 Å². The van der Waals surface area contributed by atoms with Crippen molar-refractivity contribution in [1.82, 2.24) is 5.32 Å². The third kappa shape index (κ3) is 2.84. The van der Waals surface area contributed by atoms with Crippen molar-refractivity contribution in [2.24, 2.45) is 5.92 Å². The van der Waals surface area contributed by atoms with Gasteiger partial charge in [0.05, 0.1) is 25.2 Å². The molecule has 0 bridgehead atoms. The van der Waals surface area contributed by atoms with E-state index in [0.717, 1.165) is 15.8 Å². The van der Waals surface area contributed by atoms with Gasteiger partial charge in [-0.1, -0.05) is 0 Å². The number of amides is 1. The maximum absolute atomic E-state index is 11.8. The van der Waals surface area contributed by atoms with Gasteiger partial charge in [0, 0.05) is 9.35 Å². The molecule has 1 N–H and O–H groups in total. The van der Waals surface area contributed by atoms with E-state index in [1.165, 1.54) is 0 Å². The van der Waals surface area contributed by atoms with Crippen LogP contribution in [0.1, 0.15) is 18.2 Å². The Bertz CT molecular complexity index is 380. The van der Waals surface area contributed by atoms with Gasteiger partial charge >= 0.3 is 0 Å². The summed E-state index contributed by atoms with van der Waals surface area (Å²) in [4.78, 5) is 12.9. The van der Waals surface area contributed by atoms with Gasteiger partial charge in [-0.05, 0) is 40.7 Å². The molecule has 0 spiro atoms. The fourth-order valence-electron chi connectivity index (χ4n) is 1.76. The van der Waals surface area contributed by atoms with Gasteiger partial charge < -0.3 is 10.1 Å². The van der Waals surface area contributed by atoms with Crippen LogP contribution in [0.3, 0.4) is 0 Å². The lowest BCUT2D eigenvalue weighted by atomic mass is 10.1. The van der Waals surface area contributed by atoms with Gasteiger partial charge in [-0.15, -0.1) is 11.3 Å². The highest BCUT2D eigenvalue weighted by atomic mass is 79.9. The van der Waals surface area contributed by atoms with Crippen LogP contribution in [0.2, 0.25) is 0 Å². The molecule has 0 aromatic carbocycles. The quantitative estimate of drug-likeness (QED) is 0.932. The first-order valence-corrected chi connectivity index (χ1v) is 6.95. The maximum atomic E-state index is 11.8. The van der Waals surface area contributed by atoms with E-state index in [1.54, 1.807) is 11.3 Å². The summed E-state index contributed by atoms with van der Waals surface area (Å²) in [6.07, 6.45) is 1.04. The van der Waals surface area contributed by atoms with E-state index < -0.39 is 0 Å². The van der Waals surface area contributed by atoms with Crippen LogP contribution in [0.4, 0.5) is 0 Å². The number of rotatable bonds is 3. The number of carbonyl (C=O) groups excluding carboxylic acids is 1. The van der Waals surface area contributed by atoms with Gasteiger partial charge in [-0.25, -0.2) is 0 Å². The molecule has 1 aromatic rings. The molecule has 1 aromatic heterocycles. The summed E-state index contributed by atoms with van der Waals surface area (Å²) in [6, 6.07) is 1.99. The Labute approximate surface area is 107 Å². The number of halogens is 1. The number of thiophene rings is 1. The number of hydrogen-bond donors (Lipinski definition) is 1. The van der Waals surface area contributed by atoms with Gasteiger partial charge in [-0.2, -0.15) is 0 Å². The molecule has 0 saturated carbocycles. The Morgan fingerprint density at radius 1 is 1.75 bits per heavy atom. The Morgan fingerprint density at radius 3 is 3.12 bits per heavy atom. The Balaban J connectivity index is 1.82. The number of nitrogens with one attached hydrogen (secondary N) is 1. The molecule has 1 aliphatic rings. The normalized spacial score (nSPS) is 24.6. The average molecular weight is 304 g/mol. The molecule has 2 atom stereocenters. The van der Waals surface area contributed by atoms with Crippen molar-refractivity contribution < 1.29 is 9.53 Å². The molecule has 1 amide bonds. The molecule has 1 fully saturated rings. The second-order valence-electron chi connectivity index (χ2n) is 3.99. The zero-order valence-electron chi connectivity index (χ0n) is 9.03. The van der Waals surface area contributed by atoms with Crippen molar-refractivity contribution in [3.63, 3.8) is 0 Å². The van der Waals surface area contributed by atoms with Crippen LogP contribution in [0, 0.1) is 5.92 Å². The summed E-state index contributed by atoms with van der Waals surface area (Å²) >= 11 is 5.09. The zero-order chi connectivity index (χ0) is 11.5. The minimum Gasteiger partial charge on any atom is -0.378 e. The van der Waals surface area contributed by atoms with Gasteiger partial charge in [-0.3, -0.25) is 4.79 Å². The third-order valence-corrected chi connectivity index (χ3v) is 4.61. The highest BCUT2D eigenvalue weighted by Crippen LogP contribution is 2.23. The largest absolute Gasteiger partial charge is 0.378 e. The molecular weight excluding hydrogens is 290 g/mol. The predicted molar refractivity (Wildman–Crippen MR) is 67.4 cm³/mol. The molecule has 5 heteroatoms. The summed E-state index contributed by atoms with van der Waals surface area (Å²) in [5.74, 6) is 0.124. The lowest BCUT2D eigenvalue weighted by Crippen LogP contribution is -2.30. The lowest BCUT2D eigenvalue weighted by molar-refractivity contribution is -0.125. The first-order valence-electron chi connectivity index (χ1n) is 5.28. The van der Waals surface area contributed by atoms with Crippen LogP contribution in [-0.4, -0.2) is 18.6 Å². The highest BCUT2D eigenvalue weighted by molar-refractivity contribution is 9.10. The molecule has 0 aliphatic carbocycles.